The van der Waals surface area contributed by atoms with E-state index in [4.69, 9.17) is 4.42 Å². The predicted octanol–water partition coefficient (Wildman–Crippen LogP) is 2.15. The Kier molecular flexibility index (Phi) is 4.93. The number of furan rings is 1. The largest absolute Gasteiger partial charge is 0.469 e. The zero-order valence-corrected chi connectivity index (χ0v) is 13.7. The second kappa shape index (κ2) is 7.29. The lowest BCUT2D eigenvalue weighted by atomic mass is 9.96. The summed E-state index contributed by atoms with van der Waals surface area (Å²) in [4.78, 5) is 30.9. The first-order valence-corrected chi connectivity index (χ1v) is 8.16. The van der Waals surface area contributed by atoms with Crippen LogP contribution >= 0.6 is 0 Å². The van der Waals surface area contributed by atoms with Gasteiger partial charge in [0.15, 0.2) is 0 Å². The van der Waals surface area contributed by atoms with E-state index in [1.54, 1.807) is 24.1 Å². The molecule has 1 fully saturated rings. The molecule has 1 unspecified atom stereocenters. The van der Waals surface area contributed by atoms with Crippen LogP contribution in [-0.2, 0) is 11.3 Å². The van der Waals surface area contributed by atoms with Gasteiger partial charge >= 0.3 is 0 Å². The van der Waals surface area contributed by atoms with Crippen LogP contribution in [0.4, 0.5) is 0 Å². The van der Waals surface area contributed by atoms with Gasteiger partial charge in [0.05, 0.1) is 30.0 Å². The zero-order valence-electron chi connectivity index (χ0n) is 13.7. The second-order valence-corrected chi connectivity index (χ2v) is 6.02. The quantitative estimate of drug-likeness (QED) is 0.933. The first-order chi connectivity index (χ1) is 11.6. The van der Waals surface area contributed by atoms with Gasteiger partial charge in [0.2, 0.25) is 5.91 Å². The Morgan fingerprint density at radius 2 is 2.25 bits per heavy atom. The number of aromatic nitrogens is 1. The van der Waals surface area contributed by atoms with Gasteiger partial charge in [0.25, 0.3) is 5.91 Å². The average molecular weight is 327 g/mol. The van der Waals surface area contributed by atoms with Gasteiger partial charge in [-0.2, -0.15) is 0 Å². The third-order valence-corrected chi connectivity index (χ3v) is 4.34. The molecule has 0 bridgehead atoms. The fraction of sp³-hybridized carbons (Fsp3) is 0.389. The van der Waals surface area contributed by atoms with Crippen LogP contribution in [0.5, 0.6) is 0 Å². The Morgan fingerprint density at radius 3 is 2.96 bits per heavy atom. The van der Waals surface area contributed by atoms with Crippen molar-refractivity contribution in [1.82, 2.24) is 15.2 Å². The van der Waals surface area contributed by atoms with Gasteiger partial charge in [-0.3, -0.25) is 14.6 Å². The van der Waals surface area contributed by atoms with E-state index in [1.165, 1.54) is 6.26 Å². The number of hydrogen-bond acceptors (Lipinski definition) is 4. The van der Waals surface area contributed by atoms with E-state index in [-0.39, 0.29) is 17.7 Å². The van der Waals surface area contributed by atoms with Crippen molar-refractivity contribution in [3.8, 4) is 0 Å². The lowest BCUT2D eigenvalue weighted by Crippen LogP contribution is -2.45. The van der Waals surface area contributed by atoms with Crippen molar-refractivity contribution in [3.05, 3.63) is 53.7 Å². The molecule has 2 aromatic heterocycles. The van der Waals surface area contributed by atoms with Crippen LogP contribution in [0.25, 0.3) is 0 Å². The monoisotopic (exact) mass is 327 g/mol. The molecule has 1 N–H and O–H groups in total. The van der Waals surface area contributed by atoms with Crippen molar-refractivity contribution in [2.75, 3.05) is 13.1 Å². The Morgan fingerprint density at radius 1 is 1.38 bits per heavy atom. The molecule has 24 heavy (non-hydrogen) atoms. The van der Waals surface area contributed by atoms with E-state index >= 15 is 0 Å². The van der Waals surface area contributed by atoms with Gasteiger partial charge in [0.1, 0.15) is 5.76 Å². The topological polar surface area (TPSA) is 75.4 Å². The Bertz CT molecular complexity index is 711. The number of pyridine rings is 1. The number of hydrogen-bond donors (Lipinski definition) is 1. The molecule has 2 amide bonds. The average Bonchev–Trinajstić information content (AvgIpc) is 3.06. The molecule has 3 heterocycles. The van der Waals surface area contributed by atoms with Crippen LogP contribution < -0.4 is 5.32 Å². The SMILES string of the molecule is Cc1occc1C(=O)N1CCCC(C(=O)NCc2ccccn2)C1. The standard InChI is InChI=1S/C18H21N3O3/c1-13-16(7-10-24-13)18(23)21-9-4-5-14(12-21)17(22)20-11-15-6-2-3-8-19-15/h2-3,6-8,10,14H,4-5,9,11-12H2,1H3,(H,20,22). The first kappa shape index (κ1) is 16.2. The number of carbonyl (C=O) groups excluding carboxylic acids is 2. The summed E-state index contributed by atoms with van der Waals surface area (Å²) in [7, 11) is 0. The molecule has 1 aliphatic heterocycles. The van der Waals surface area contributed by atoms with E-state index in [1.807, 2.05) is 18.2 Å². The summed E-state index contributed by atoms with van der Waals surface area (Å²) in [5.41, 5.74) is 1.40. The maximum absolute atomic E-state index is 12.6. The van der Waals surface area contributed by atoms with Crippen LogP contribution in [-0.4, -0.2) is 34.8 Å². The van der Waals surface area contributed by atoms with Crippen LogP contribution in [0.1, 0.15) is 34.7 Å². The van der Waals surface area contributed by atoms with E-state index < -0.39 is 0 Å². The molecular weight excluding hydrogens is 306 g/mol. The summed E-state index contributed by atoms with van der Waals surface area (Å²) in [5, 5.41) is 2.92. The highest BCUT2D eigenvalue weighted by atomic mass is 16.3. The van der Waals surface area contributed by atoms with E-state index in [0.29, 0.717) is 31.0 Å². The number of nitrogens with zero attached hydrogens (tertiary/aromatic N) is 2. The van der Waals surface area contributed by atoms with Crippen molar-refractivity contribution >= 4 is 11.8 Å². The Balaban J connectivity index is 1.58. The van der Waals surface area contributed by atoms with E-state index in [2.05, 4.69) is 10.3 Å². The van der Waals surface area contributed by atoms with Gasteiger partial charge in [-0.05, 0) is 38.0 Å². The van der Waals surface area contributed by atoms with Gasteiger partial charge < -0.3 is 14.6 Å². The van der Waals surface area contributed by atoms with Crippen molar-refractivity contribution in [1.29, 1.82) is 0 Å². The predicted molar refractivity (Wildman–Crippen MR) is 88.2 cm³/mol. The summed E-state index contributed by atoms with van der Waals surface area (Å²) >= 11 is 0. The number of piperidine rings is 1. The molecule has 2 aromatic rings. The molecule has 1 saturated heterocycles. The van der Waals surface area contributed by atoms with E-state index in [9.17, 15) is 9.59 Å². The first-order valence-electron chi connectivity index (χ1n) is 8.16. The Labute approximate surface area is 140 Å². The molecule has 6 heteroatoms. The maximum atomic E-state index is 12.6. The van der Waals surface area contributed by atoms with Crippen LogP contribution in [0.15, 0.2) is 41.1 Å². The summed E-state index contributed by atoms with van der Waals surface area (Å²) < 4.78 is 5.20. The smallest absolute Gasteiger partial charge is 0.257 e. The summed E-state index contributed by atoms with van der Waals surface area (Å²) in [6, 6.07) is 7.29. The van der Waals surface area contributed by atoms with Gasteiger partial charge in [-0.1, -0.05) is 6.07 Å². The highest BCUT2D eigenvalue weighted by Gasteiger charge is 2.29. The van der Waals surface area contributed by atoms with Gasteiger partial charge in [-0.15, -0.1) is 0 Å². The molecule has 1 atom stereocenters. The minimum Gasteiger partial charge on any atom is -0.469 e. The fourth-order valence-corrected chi connectivity index (χ4v) is 2.98. The number of nitrogens with one attached hydrogen (secondary N) is 1. The maximum Gasteiger partial charge on any atom is 0.257 e. The molecule has 0 saturated carbocycles. The molecule has 3 rings (SSSR count). The molecule has 6 nitrogen and oxygen atoms in total. The minimum absolute atomic E-state index is 0.0259. The molecular formula is C18H21N3O3. The van der Waals surface area contributed by atoms with Gasteiger partial charge in [-0.25, -0.2) is 0 Å². The normalized spacial score (nSPS) is 17.5. The molecule has 0 aromatic carbocycles. The second-order valence-electron chi connectivity index (χ2n) is 6.02. The van der Waals surface area contributed by atoms with E-state index in [0.717, 1.165) is 18.5 Å². The lowest BCUT2D eigenvalue weighted by molar-refractivity contribution is -0.126. The molecule has 0 aliphatic carbocycles. The third-order valence-electron chi connectivity index (χ3n) is 4.34. The number of amides is 2. The number of rotatable bonds is 4. The third kappa shape index (κ3) is 3.64. The fourth-order valence-electron chi connectivity index (χ4n) is 2.98. The molecule has 0 spiro atoms. The lowest BCUT2D eigenvalue weighted by Gasteiger charge is -2.32. The number of likely N-dealkylation sites (tertiary alicyclic amines) is 1. The molecule has 0 radical (unpaired) electrons. The number of aryl methyl sites for hydroxylation is 1. The summed E-state index contributed by atoms with van der Waals surface area (Å²) in [5.74, 6) is 0.339. The van der Waals surface area contributed by atoms with Crippen LogP contribution in [0, 0.1) is 12.8 Å². The summed E-state index contributed by atoms with van der Waals surface area (Å²) in [6.45, 7) is 3.30. The van der Waals surface area contributed by atoms with Crippen molar-refractivity contribution in [3.63, 3.8) is 0 Å². The van der Waals surface area contributed by atoms with Crippen molar-refractivity contribution < 1.29 is 14.0 Å². The highest BCUT2D eigenvalue weighted by molar-refractivity contribution is 5.95. The van der Waals surface area contributed by atoms with Crippen LogP contribution in [0.3, 0.4) is 0 Å². The number of carbonyl (C=O) groups is 2. The molecule has 1 aliphatic rings. The highest BCUT2D eigenvalue weighted by Crippen LogP contribution is 2.20. The zero-order chi connectivity index (χ0) is 16.9. The molecule has 126 valence electrons. The van der Waals surface area contributed by atoms with Crippen molar-refractivity contribution in [2.24, 2.45) is 5.92 Å². The van der Waals surface area contributed by atoms with Gasteiger partial charge in [0, 0.05) is 19.3 Å². The Hall–Kier alpha value is -2.63. The van der Waals surface area contributed by atoms with Crippen LogP contribution in [0.2, 0.25) is 0 Å². The van der Waals surface area contributed by atoms with Crippen molar-refractivity contribution in [2.45, 2.75) is 26.3 Å². The minimum atomic E-state index is -0.182. The summed E-state index contributed by atoms with van der Waals surface area (Å²) in [6.07, 6.45) is 4.84.